The molecule has 31 heavy (non-hydrogen) atoms. The lowest BCUT2D eigenvalue weighted by Gasteiger charge is -2.13. The van der Waals surface area contributed by atoms with Crippen LogP contribution in [-0.2, 0) is 0 Å². The summed E-state index contributed by atoms with van der Waals surface area (Å²) in [6.07, 6.45) is 0. The number of amides is 2. The Balaban J connectivity index is 1.64. The van der Waals surface area contributed by atoms with Crippen molar-refractivity contribution in [3.8, 4) is 17.0 Å². The first-order valence-corrected chi connectivity index (χ1v) is 10.5. The minimum atomic E-state index is -0.361. The van der Waals surface area contributed by atoms with Crippen molar-refractivity contribution in [1.29, 1.82) is 0 Å². The molecule has 0 spiro atoms. The predicted octanol–water partition coefficient (Wildman–Crippen LogP) is 6.85. The molecular formula is C24H19BrFN3O2. The molecule has 0 aliphatic heterocycles. The number of ether oxygens (including phenoxy) is 1. The zero-order chi connectivity index (χ0) is 21.8. The second-order valence-corrected chi connectivity index (χ2v) is 7.59. The average Bonchev–Trinajstić information content (AvgIpc) is 2.76. The maximum atomic E-state index is 13.3. The third-order valence-corrected chi connectivity index (χ3v) is 5.28. The van der Waals surface area contributed by atoms with Gasteiger partial charge in [-0.05, 0) is 77.5 Å². The van der Waals surface area contributed by atoms with E-state index in [1.807, 2.05) is 43.3 Å². The normalized spacial score (nSPS) is 10.7. The molecule has 1 heterocycles. The van der Waals surface area contributed by atoms with Crippen LogP contribution in [0.3, 0.4) is 0 Å². The number of hydrogen-bond acceptors (Lipinski definition) is 3. The van der Waals surface area contributed by atoms with Gasteiger partial charge in [-0.3, -0.25) is 0 Å². The summed E-state index contributed by atoms with van der Waals surface area (Å²) in [5, 5.41) is 6.41. The van der Waals surface area contributed by atoms with Crippen LogP contribution in [0.25, 0.3) is 22.2 Å². The minimum Gasteiger partial charge on any atom is -0.493 e. The first kappa shape index (κ1) is 20.8. The number of aromatic nitrogens is 1. The lowest BCUT2D eigenvalue weighted by Crippen LogP contribution is -2.19. The van der Waals surface area contributed by atoms with Crippen LogP contribution >= 0.6 is 15.9 Å². The topological polar surface area (TPSA) is 63.2 Å². The second-order valence-electron chi connectivity index (χ2n) is 6.74. The Bertz CT molecular complexity index is 1250. The van der Waals surface area contributed by atoms with Crippen LogP contribution < -0.4 is 15.4 Å². The highest BCUT2D eigenvalue weighted by Gasteiger charge is 2.11. The molecule has 156 valence electrons. The molecule has 0 aliphatic rings. The fourth-order valence-electron chi connectivity index (χ4n) is 3.16. The number of fused-ring (bicyclic) bond motifs is 1. The van der Waals surface area contributed by atoms with Crippen LogP contribution in [0, 0.1) is 5.82 Å². The Morgan fingerprint density at radius 2 is 1.81 bits per heavy atom. The zero-order valence-electron chi connectivity index (χ0n) is 16.7. The quantitative estimate of drug-likeness (QED) is 0.329. The van der Waals surface area contributed by atoms with Crippen LogP contribution in [0.5, 0.6) is 5.75 Å². The van der Waals surface area contributed by atoms with Crippen molar-refractivity contribution >= 4 is 44.2 Å². The molecule has 3 aromatic carbocycles. The van der Waals surface area contributed by atoms with Gasteiger partial charge in [-0.1, -0.05) is 12.1 Å². The van der Waals surface area contributed by atoms with Gasteiger partial charge in [0.15, 0.2) is 0 Å². The van der Waals surface area contributed by atoms with Crippen LogP contribution in [0.4, 0.5) is 20.6 Å². The number of para-hydroxylation sites is 1. The minimum absolute atomic E-state index is 0.300. The largest absolute Gasteiger partial charge is 0.493 e. The van der Waals surface area contributed by atoms with E-state index in [1.54, 1.807) is 24.3 Å². The molecule has 0 fully saturated rings. The molecule has 1 aromatic heterocycles. The lowest BCUT2D eigenvalue weighted by atomic mass is 10.1. The maximum Gasteiger partial charge on any atom is 0.323 e. The molecular weight excluding hydrogens is 461 g/mol. The van der Waals surface area contributed by atoms with Gasteiger partial charge in [0.25, 0.3) is 0 Å². The summed E-state index contributed by atoms with van der Waals surface area (Å²) in [5.41, 5.74) is 3.46. The van der Waals surface area contributed by atoms with Crippen LogP contribution in [0.2, 0.25) is 0 Å². The molecule has 5 nitrogen and oxygen atoms in total. The molecule has 2 amide bonds. The summed E-state index contributed by atoms with van der Waals surface area (Å²) in [5.74, 6) is 0.341. The number of carbonyl (C=O) groups excluding carboxylic acids is 1. The molecule has 0 bridgehead atoms. The molecule has 4 rings (SSSR count). The first-order chi connectivity index (χ1) is 15.0. The van der Waals surface area contributed by atoms with Gasteiger partial charge in [-0.2, -0.15) is 0 Å². The van der Waals surface area contributed by atoms with Gasteiger partial charge in [-0.25, -0.2) is 14.2 Å². The van der Waals surface area contributed by atoms with Gasteiger partial charge >= 0.3 is 6.03 Å². The summed E-state index contributed by atoms with van der Waals surface area (Å²) >= 11 is 3.41. The van der Waals surface area contributed by atoms with E-state index in [0.29, 0.717) is 34.9 Å². The first-order valence-electron chi connectivity index (χ1n) is 9.69. The van der Waals surface area contributed by atoms with Crippen LogP contribution in [0.15, 0.2) is 77.3 Å². The number of pyridine rings is 1. The maximum absolute atomic E-state index is 13.3. The van der Waals surface area contributed by atoms with Crippen molar-refractivity contribution in [3.63, 3.8) is 0 Å². The number of anilines is 2. The number of benzene rings is 3. The summed E-state index contributed by atoms with van der Waals surface area (Å²) < 4.78 is 19.9. The average molecular weight is 480 g/mol. The SMILES string of the molecule is CCOc1cc(-c2ccc(F)cc2)nc2ccc(NC(=O)Nc3ccccc3Br)cc12. The van der Waals surface area contributed by atoms with Crippen molar-refractivity contribution in [2.24, 2.45) is 0 Å². The highest BCUT2D eigenvalue weighted by molar-refractivity contribution is 9.10. The van der Waals surface area contributed by atoms with Crippen molar-refractivity contribution in [2.45, 2.75) is 6.92 Å². The number of rotatable bonds is 5. The predicted molar refractivity (Wildman–Crippen MR) is 125 cm³/mol. The number of hydrogen-bond donors (Lipinski definition) is 2. The van der Waals surface area contributed by atoms with Gasteiger partial charge in [-0.15, -0.1) is 0 Å². The van der Waals surface area contributed by atoms with Crippen molar-refractivity contribution in [2.75, 3.05) is 17.2 Å². The molecule has 0 radical (unpaired) electrons. The Morgan fingerprint density at radius 3 is 2.55 bits per heavy atom. The summed E-state index contributed by atoms with van der Waals surface area (Å²) in [6, 6.07) is 20.4. The highest BCUT2D eigenvalue weighted by atomic mass is 79.9. The molecule has 4 aromatic rings. The van der Waals surface area contributed by atoms with Gasteiger partial charge in [0.05, 0.1) is 23.5 Å². The Hall–Kier alpha value is -3.45. The molecule has 0 aliphatic carbocycles. The number of halogens is 2. The fraction of sp³-hybridized carbons (Fsp3) is 0.0833. The van der Waals surface area contributed by atoms with Gasteiger partial charge < -0.3 is 15.4 Å². The number of carbonyl (C=O) groups is 1. The van der Waals surface area contributed by atoms with E-state index in [9.17, 15) is 9.18 Å². The van der Waals surface area contributed by atoms with E-state index in [2.05, 4.69) is 31.5 Å². The van der Waals surface area contributed by atoms with Gasteiger partial charge in [0, 0.05) is 27.2 Å². The van der Waals surface area contributed by atoms with E-state index in [-0.39, 0.29) is 11.8 Å². The number of urea groups is 1. The molecule has 7 heteroatoms. The molecule has 0 saturated heterocycles. The van der Waals surface area contributed by atoms with Crippen molar-refractivity contribution in [3.05, 3.63) is 83.1 Å². The third kappa shape index (κ3) is 4.83. The van der Waals surface area contributed by atoms with Crippen LogP contribution in [-0.4, -0.2) is 17.6 Å². The molecule has 0 atom stereocenters. The van der Waals surface area contributed by atoms with Gasteiger partial charge in [0.2, 0.25) is 0 Å². The van der Waals surface area contributed by atoms with E-state index in [4.69, 9.17) is 4.74 Å². The van der Waals surface area contributed by atoms with E-state index in [1.165, 1.54) is 12.1 Å². The summed E-state index contributed by atoms with van der Waals surface area (Å²) in [6.45, 7) is 2.37. The van der Waals surface area contributed by atoms with Gasteiger partial charge in [0.1, 0.15) is 11.6 Å². The van der Waals surface area contributed by atoms with E-state index >= 15 is 0 Å². The Kier molecular flexibility index (Phi) is 6.13. The number of nitrogens with one attached hydrogen (secondary N) is 2. The molecule has 2 N–H and O–H groups in total. The molecule has 0 unspecified atom stereocenters. The van der Waals surface area contributed by atoms with E-state index in [0.717, 1.165) is 15.4 Å². The molecule has 0 saturated carbocycles. The highest BCUT2D eigenvalue weighted by Crippen LogP contribution is 2.32. The number of nitrogens with zero attached hydrogens (tertiary/aromatic N) is 1. The monoisotopic (exact) mass is 479 g/mol. The fourth-order valence-corrected chi connectivity index (χ4v) is 3.55. The summed E-state index contributed by atoms with van der Waals surface area (Å²) in [4.78, 5) is 17.1. The Labute approximate surface area is 187 Å². The standard InChI is InChI=1S/C24H19BrFN3O2/c1-2-31-23-14-22(15-7-9-16(26)10-8-15)28-20-12-11-17(13-18(20)23)27-24(30)29-21-6-4-3-5-19(21)25/h3-14H,2H2,1H3,(H2,27,29,30). The Morgan fingerprint density at radius 1 is 1.03 bits per heavy atom. The third-order valence-electron chi connectivity index (χ3n) is 4.59. The van der Waals surface area contributed by atoms with Crippen molar-refractivity contribution < 1.29 is 13.9 Å². The smallest absolute Gasteiger partial charge is 0.323 e. The van der Waals surface area contributed by atoms with E-state index < -0.39 is 0 Å². The lowest BCUT2D eigenvalue weighted by molar-refractivity contribution is 0.262. The zero-order valence-corrected chi connectivity index (χ0v) is 18.2. The van der Waals surface area contributed by atoms with Crippen LogP contribution in [0.1, 0.15) is 6.92 Å². The summed E-state index contributed by atoms with van der Waals surface area (Å²) in [7, 11) is 0. The second kappa shape index (κ2) is 9.14. The van der Waals surface area contributed by atoms with Crippen molar-refractivity contribution in [1.82, 2.24) is 4.98 Å².